The zero-order valence-electron chi connectivity index (χ0n) is 8.77. The van der Waals surface area contributed by atoms with Crippen molar-refractivity contribution in [1.82, 2.24) is 9.97 Å². The second-order valence-electron chi connectivity index (χ2n) is 3.83. The van der Waals surface area contributed by atoms with E-state index in [1.807, 2.05) is 0 Å². The summed E-state index contributed by atoms with van der Waals surface area (Å²) in [5.41, 5.74) is 5.97. The van der Waals surface area contributed by atoms with Crippen molar-refractivity contribution in [3.8, 4) is 0 Å². The van der Waals surface area contributed by atoms with Gasteiger partial charge in [-0.1, -0.05) is 0 Å². The molecule has 1 atom stereocenters. The summed E-state index contributed by atoms with van der Waals surface area (Å²) in [4.78, 5) is 10.5. The molecule has 0 bridgehead atoms. The molecule has 0 aromatic carbocycles. The summed E-state index contributed by atoms with van der Waals surface area (Å²) in [5, 5.41) is 7.45. The van der Waals surface area contributed by atoms with Gasteiger partial charge in [-0.3, -0.25) is 5.41 Å². The predicted molar refractivity (Wildman–Crippen MR) is 59.1 cm³/mol. The van der Waals surface area contributed by atoms with E-state index in [0.29, 0.717) is 11.7 Å². The molecular weight excluding hydrogens is 190 g/mol. The molecule has 1 unspecified atom stereocenters. The van der Waals surface area contributed by atoms with Gasteiger partial charge in [0.1, 0.15) is 11.5 Å². The van der Waals surface area contributed by atoms with Crippen LogP contribution < -0.4 is 10.6 Å². The second-order valence-corrected chi connectivity index (χ2v) is 3.83. The lowest BCUT2D eigenvalue weighted by molar-refractivity contribution is 0.724. The zero-order chi connectivity index (χ0) is 10.8. The van der Waals surface area contributed by atoms with E-state index in [-0.39, 0.29) is 5.84 Å². The van der Waals surface area contributed by atoms with Crippen LogP contribution in [0.5, 0.6) is 0 Å². The fraction of sp³-hybridized carbons (Fsp3) is 0.500. The van der Waals surface area contributed by atoms with E-state index < -0.39 is 0 Å². The molecule has 1 aromatic heterocycles. The average Bonchev–Trinajstić information content (AvgIpc) is 2.64. The van der Waals surface area contributed by atoms with Gasteiger partial charge in [-0.25, -0.2) is 9.97 Å². The summed E-state index contributed by atoms with van der Waals surface area (Å²) >= 11 is 0. The Labute approximate surface area is 88.8 Å². The van der Waals surface area contributed by atoms with Gasteiger partial charge < -0.3 is 10.6 Å². The Balaban J connectivity index is 2.38. The quantitative estimate of drug-likeness (QED) is 0.551. The summed E-state index contributed by atoms with van der Waals surface area (Å²) in [6.45, 7) is 3.13. The van der Waals surface area contributed by atoms with Crippen LogP contribution in [0, 0.1) is 5.41 Å². The number of hydrogen-bond acceptors (Lipinski definition) is 4. The Kier molecular flexibility index (Phi) is 2.53. The molecule has 1 fully saturated rings. The summed E-state index contributed by atoms with van der Waals surface area (Å²) in [6.07, 6.45) is 5.54. The highest BCUT2D eigenvalue weighted by molar-refractivity contribution is 5.97. The third-order valence-electron chi connectivity index (χ3n) is 2.76. The highest BCUT2D eigenvalue weighted by Crippen LogP contribution is 2.24. The minimum atomic E-state index is -0.0165. The number of nitrogens with one attached hydrogen (secondary N) is 1. The first-order valence-corrected chi connectivity index (χ1v) is 5.12. The first-order valence-electron chi connectivity index (χ1n) is 5.12. The van der Waals surface area contributed by atoms with Gasteiger partial charge in [0.2, 0.25) is 0 Å². The summed E-state index contributed by atoms with van der Waals surface area (Å²) in [7, 11) is 0. The molecule has 0 aliphatic carbocycles. The Morgan fingerprint density at radius 2 is 2.27 bits per heavy atom. The van der Waals surface area contributed by atoms with Crippen LogP contribution in [0.3, 0.4) is 0 Å². The fourth-order valence-corrected chi connectivity index (χ4v) is 1.98. The molecule has 1 aliphatic heterocycles. The molecule has 15 heavy (non-hydrogen) atoms. The van der Waals surface area contributed by atoms with Crippen molar-refractivity contribution in [2.75, 3.05) is 11.4 Å². The summed E-state index contributed by atoms with van der Waals surface area (Å²) in [6, 6.07) is 0.458. The maximum Gasteiger partial charge on any atom is 0.158 e. The SMILES string of the molecule is CC1CCCN1c1nccnc1C(=N)N. The van der Waals surface area contributed by atoms with Crippen LogP contribution in [0.1, 0.15) is 25.5 Å². The van der Waals surface area contributed by atoms with Crippen molar-refractivity contribution in [3.05, 3.63) is 18.1 Å². The zero-order valence-corrected chi connectivity index (χ0v) is 8.77. The molecule has 0 amide bonds. The number of hydrogen-bond donors (Lipinski definition) is 2. The molecule has 1 aliphatic rings. The molecule has 5 nitrogen and oxygen atoms in total. The molecule has 2 rings (SSSR count). The van der Waals surface area contributed by atoms with E-state index in [4.69, 9.17) is 11.1 Å². The highest BCUT2D eigenvalue weighted by Gasteiger charge is 2.24. The van der Waals surface area contributed by atoms with E-state index in [9.17, 15) is 0 Å². The van der Waals surface area contributed by atoms with Crippen molar-refractivity contribution in [1.29, 1.82) is 5.41 Å². The van der Waals surface area contributed by atoms with E-state index in [1.54, 1.807) is 12.4 Å². The van der Waals surface area contributed by atoms with E-state index >= 15 is 0 Å². The van der Waals surface area contributed by atoms with Gasteiger partial charge >= 0.3 is 0 Å². The van der Waals surface area contributed by atoms with E-state index in [0.717, 1.165) is 25.2 Å². The summed E-state index contributed by atoms with van der Waals surface area (Å²) in [5.74, 6) is 0.729. The number of rotatable bonds is 2. The standard InChI is InChI=1S/C10H15N5/c1-7-3-2-6-15(7)10-8(9(11)12)13-4-5-14-10/h4-5,7H,2-3,6H2,1H3,(H3,11,12). The van der Waals surface area contributed by atoms with Crippen LogP contribution in [-0.4, -0.2) is 28.4 Å². The van der Waals surface area contributed by atoms with Crippen LogP contribution in [0.2, 0.25) is 0 Å². The third kappa shape index (κ3) is 1.77. The van der Waals surface area contributed by atoms with Crippen LogP contribution in [0.4, 0.5) is 5.82 Å². The van der Waals surface area contributed by atoms with Crippen molar-refractivity contribution in [3.63, 3.8) is 0 Å². The van der Waals surface area contributed by atoms with Crippen molar-refractivity contribution < 1.29 is 0 Å². The maximum atomic E-state index is 7.45. The second kappa shape index (κ2) is 3.84. The van der Waals surface area contributed by atoms with Gasteiger partial charge in [0.05, 0.1) is 0 Å². The van der Waals surface area contributed by atoms with Crippen molar-refractivity contribution >= 4 is 11.7 Å². The lowest BCUT2D eigenvalue weighted by atomic mass is 10.2. The van der Waals surface area contributed by atoms with Crippen LogP contribution >= 0.6 is 0 Å². The number of nitrogens with zero attached hydrogens (tertiary/aromatic N) is 3. The van der Waals surface area contributed by atoms with Gasteiger partial charge in [0.15, 0.2) is 5.82 Å². The maximum absolute atomic E-state index is 7.45. The van der Waals surface area contributed by atoms with Crippen molar-refractivity contribution in [2.45, 2.75) is 25.8 Å². The highest BCUT2D eigenvalue weighted by atomic mass is 15.2. The fourth-order valence-electron chi connectivity index (χ4n) is 1.98. The third-order valence-corrected chi connectivity index (χ3v) is 2.76. The van der Waals surface area contributed by atoms with Gasteiger partial charge in [-0.05, 0) is 19.8 Å². The molecule has 0 radical (unpaired) electrons. The van der Waals surface area contributed by atoms with Crippen LogP contribution in [0.25, 0.3) is 0 Å². The number of nitrogens with two attached hydrogens (primary N) is 1. The number of anilines is 1. The first kappa shape index (κ1) is 9.89. The number of nitrogen functional groups attached to an aromatic ring is 1. The normalized spacial score (nSPS) is 20.6. The Hall–Kier alpha value is -1.65. The summed E-state index contributed by atoms with van der Waals surface area (Å²) < 4.78 is 0. The van der Waals surface area contributed by atoms with E-state index in [1.165, 1.54) is 0 Å². The van der Waals surface area contributed by atoms with Crippen molar-refractivity contribution in [2.24, 2.45) is 5.73 Å². The lowest BCUT2D eigenvalue weighted by Gasteiger charge is -2.23. The minimum absolute atomic E-state index is 0.0165. The molecule has 1 saturated heterocycles. The Morgan fingerprint density at radius 1 is 1.53 bits per heavy atom. The monoisotopic (exact) mass is 205 g/mol. The molecule has 3 N–H and O–H groups in total. The lowest BCUT2D eigenvalue weighted by Crippen LogP contribution is -2.30. The van der Waals surface area contributed by atoms with Gasteiger partial charge in [0, 0.05) is 25.0 Å². The van der Waals surface area contributed by atoms with E-state index in [2.05, 4.69) is 21.8 Å². The predicted octanol–water partition coefficient (Wildman–Crippen LogP) is 0.749. The molecule has 1 aromatic rings. The Morgan fingerprint density at radius 3 is 2.87 bits per heavy atom. The van der Waals surface area contributed by atoms with Gasteiger partial charge in [-0.15, -0.1) is 0 Å². The molecular formula is C10H15N5. The molecule has 0 spiro atoms. The molecule has 0 saturated carbocycles. The topological polar surface area (TPSA) is 78.9 Å². The Bertz CT molecular complexity index is 376. The number of amidine groups is 1. The molecule has 5 heteroatoms. The largest absolute Gasteiger partial charge is 0.382 e. The minimum Gasteiger partial charge on any atom is -0.382 e. The first-order chi connectivity index (χ1) is 7.20. The smallest absolute Gasteiger partial charge is 0.158 e. The van der Waals surface area contributed by atoms with Gasteiger partial charge in [0.25, 0.3) is 0 Å². The van der Waals surface area contributed by atoms with Gasteiger partial charge in [-0.2, -0.15) is 0 Å². The number of aromatic nitrogens is 2. The molecule has 80 valence electrons. The average molecular weight is 205 g/mol. The van der Waals surface area contributed by atoms with Crippen LogP contribution in [-0.2, 0) is 0 Å². The molecule has 2 heterocycles. The van der Waals surface area contributed by atoms with Crippen LogP contribution in [0.15, 0.2) is 12.4 Å².